The van der Waals surface area contributed by atoms with E-state index in [2.05, 4.69) is 12.0 Å². The van der Waals surface area contributed by atoms with Gasteiger partial charge in [-0.2, -0.15) is 0 Å². The highest BCUT2D eigenvalue weighted by molar-refractivity contribution is 8.26. The number of anilines is 1. The summed E-state index contributed by atoms with van der Waals surface area (Å²) in [6, 6.07) is 17.0. The van der Waals surface area contributed by atoms with E-state index in [1.165, 1.54) is 16.8 Å². The number of hydrogen-bond donors (Lipinski definition) is 1. The number of thiocarbonyl (C=S) groups is 1. The van der Waals surface area contributed by atoms with Crippen molar-refractivity contribution in [3.05, 3.63) is 77.7 Å². The Balaban J connectivity index is 1.72. The van der Waals surface area contributed by atoms with Crippen LogP contribution in [-0.2, 0) is 4.79 Å². The molecule has 1 amide bonds. The molecule has 2 aromatic rings. The molecule has 6 heteroatoms. The SMILES string of the molecule is C=CCOc1ccc(/C=C2\SC(=S)N(Nc3ccccc3)C2=O)cc1. The minimum Gasteiger partial charge on any atom is -0.490 e. The fourth-order valence-electron chi connectivity index (χ4n) is 2.17. The molecule has 0 spiro atoms. The van der Waals surface area contributed by atoms with Gasteiger partial charge in [-0.3, -0.25) is 10.2 Å². The number of amides is 1. The van der Waals surface area contributed by atoms with Gasteiger partial charge in [-0.05, 0) is 48.1 Å². The van der Waals surface area contributed by atoms with Crippen molar-refractivity contribution in [3.63, 3.8) is 0 Å². The Morgan fingerprint density at radius 2 is 1.88 bits per heavy atom. The average molecular weight is 368 g/mol. The van der Waals surface area contributed by atoms with E-state index in [4.69, 9.17) is 17.0 Å². The van der Waals surface area contributed by atoms with Crippen LogP contribution in [0.2, 0.25) is 0 Å². The normalized spacial score (nSPS) is 15.5. The van der Waals surface area contributed by atoms with E-state index in [1.54, 1.807) is 6.08 Å². The molecule has 2 aromatic carbocycles. The minimum absolute atomic E-state index is 0.161. The average Bonchev–Trinajstić information content (AvgIpc) is 2.89. The van der Waals surface area contributed by atoms with Crippen molar-refractivity contribution in [3.8, 4) is 5.75 Å². The summed E-state index contributed by atoms with van der Waals surface area (Å²) in [7, 11) is 0. The highest BCUT2D eigenvalue weighted by atomic mass is 32.2. The summed E-state index contributed by atoms with van der Waals surface area (Å²) in [4.78, 5) is 13.2. The lowest BCUT2D eigenvalue weighted by Crippen LogP contribution is -2.33. The number of thioether (sulfide) groups is 1. The first-order valence-electron chi connectivity index (χ1n) is 7.61. The molecule has 0 radical (unpaired) electrons. The van der Waals surface area contributed by atoms with Gasteiger partial charge in [-0.15, -0.1) is 0 Å². The molecule has 25 heavy (non-hydrogen) atoms. The van der Waals surface area contributed by atoms with Crippen LogP contribution in [0.5, 0.6) is 5.75 Å². The van der Waals surface area contributed by atoms with Gasteiger partial charge in [-0.1, -0.05) is 54.7 Å². The monoisotopic (exact) mass is 368 g/mol. The van der Waals surface area contributed by atoms with E-state index < -0.39 is 0 Å². The fraction of sp³-hybridized carbons (Fsp3) is 0.0526. The molecule has 0 saturated carbocycles. The van der Waals surface area contributed by atoms with E-state index in [1.807, 2.05) is 60.7 Å². The van der Waals surface area contributed by atoms with E-state index in [0.29, 0.717) is 15.8 Å². The molecular weight excluding hydrogens is 352 g/mol. The number of benzene rings is 2. The Hall–Kier alpha value is -2.57. The zero-order valence-corrected chi connectivity index (χ0v) is 15.0. The first-order valence-corrected chi connectivity index (χ1v) is 8.83. The van der Waals surface area contributed by atoms with Crippen LogP contribution < -0.4 is 10.2 Å². The second kappa shape index (κ2) is 8.00. The third-order valence-electron chi connectivity index (χ3n) is 3.35. The van der Waals surface area contributed by atoms with Crippen LogP contribution in [-0.4, -0.2) is 21.8 Å². The maximum Gasteiger partial charge on any atom is 0.285 e. The van der Waals surface area contributed by atoms with E-state index >= 15 is 0 Å². The van der Waals surface area contributed by atoms with Crippen LogP contribution in [0.1, 0.15) is 5.56 Å². The van der Waals surface area contributed by atoms with Crippen molar-refractivity contribution in [1.29, 1.82) is 0 Å². The number of carbonyl (C=O) groups excluding carboxylic acids is 1. The predicted molar refractivity (Wildman–Crippen MR) is 107 cm³/mol. The number of ether oxygens (including phenoxy) is 1. The molecule has 1 N–H and O–H groups in total. The van der Waals surface area contributed by atoms with Crippen molar-refractivity contribution < 1.29 is 9.53 Å². The van der Waals surface area contributed by atoms with Crippen molar-refractivity contribution in [2.24, 2.45) is 0 Å². The van der Waals surface area contributed by atoms with Crippen LogP contribution in [0.4, 0.5) is 5.69 Å². The Labute approximate surface area is 156 Å². The van der Waals surface area contributed by atoms with E-state index in [0.717, 1.165) is 17.0 Å². The molecule has 126 valence electrons. The summed E-state index contributed by atoms with van der Waals surface area (Å²) in [6.07, 6.45) is 3.52. The number of carbonyl (C=O) groups is 1. The molecule has 1 fully saturated rings. The second-order valence-electron chi connectivity index (χ2n) is 5.16. The van der Waals surface area contributed by atoms with Gasteiger partial charge in [-0.25, -0.2) is 5.01 Å². The highest BCUT2D eigenvalue weighted by Crippen LogP contribution is 2.32. The number of hydrogen-bond acceptors (Lipinski definition) is 5. The molecule has 3 rings (SSSR count). The summed E-state index contributed by atoms with van der Waals surface area (Å²) in [5, 5.41) is 1.39. The third-order valence-corrected chi connectivity index (χ3v) is 4.66. The maximum atomic E-state index is 12.6. The van der Waals surface area contributed by atoms with Gasteiger partial charge < -0.3 is 4.74 Å². The Morgan fingerprint density at radius 3 is 2.56 bits per heavy atom. The summed E-state index contributed by atoms with van der Waals surface area (Å²) >= 11 is 6.59. The molecule has 1 aliphatic rings. The number of nitrogens with one attached hydrogen (secondary N) is 1. The lowest BCUT2D eigenvalue weighted by atomic mass is 10.2. The van der Waals surface area contributed by atoms with E-state index in [-0.39, 0.29) is 5.91 Å². The molecular formula is C19H16N2O2S2. The lowest BCUT2D eigenvalue weighted by Gasteiger charge is -2.16. The summed E-state index contributed by atoms with van der Waals surface area (Å²) in [6.45, 7) is 4.08. The molecule has 1 heterocycles. The number of para-hydroxylation sites is 1. The summed E-state index contributed by atoms with van der Waals surface area (Å²) in [5.74, 6) is 0.598. The summed E-state index contributed by atoms with van der Waals surface area (Å²) in [5.41, 5.74) is 4.76. The van der Waals surface area contributed by atoms with Crippen LogP contribution >= 0.6 is 24.0 Å². The van der Waals surface area contributed by atoms with Gasteiger partial charge in [0.15, 0.2) is 4.32 Å². The third kappa shape index (κ3) is 4.29. The molecule has 0 atom stereocenters. The maximum absolute atomic E-state index is 12.6. The van der Waals surface area contributed by atoms with Gasteiger partial charge >= 0.3 is 0 Å². The first-order chi connectivity index (χ1) is 12.2. The molecule has 0 aliphatic carbocycles. The quantitative estimate of drug-likeness (QED) is 0.463. The van der Waals surface area contributed by atoms with Crippen molar-refractivity contribution in [2.75, 3.05) is 12.0 Å². The molecule has 0 unspecified atom stereocenters. The fourth-order valence-corrected chi connectivity index (χ4v) is 3.35. The van der Waals surface area contributed by atoms with Crippen LogP contribution in [0.3, 0.4) is 0 Å². The standard InChI is InChI=1S/C19H16N2O2S2/c1-2-12-23-16-10-8-14(9-11-16)13-17-18(22)21(19(24)25-17)20-15-6-4-3-5-7-15/h2-11,13,20H,1,12H2/b17-13-. The topological polar surface area (TPSA) is 41.6 Å². The molecule has 1 aliphatic heterocycles. The Morgan fingerprint density at radius 1 is 1.16 bits per heavy atom. The number of rotatable bonds is 6. The Kier molecular flexibility index (Phi) is 5.53. The van der Waals surface area contributed by atoms with Gasteiger partial charge in [0, 0.05) is 0 Å². The minimum atomic E-state index is -0.161. The molecule has 4 nitrogen and oxygen atoms in total. The van der Waals surface area contributed by atoms with Crippen LogP contribution in [0, 0.1) is 0 Å². The summed E-state index contributed by atoms with van der Waals surface area (Å²) < 4.78 is 5.93. The largest absolute Gasteiger partial charge is 0.490 e. The lowest BCUT2D eigenvalue weighted by molar-refractivity contribution is -0.121. The Bertz CT molecular complexity index is 817. The van der Waals surface area contributed by atoms with Crippen LogP contribution in [0.25, 0.3) is 6.08 Å². The second-order valence-corrected chi connectivity index (χ2v) is 6.84. The van der Waals surface area contributed by atoms with E-state index in [9.17, 15) is 4.79 Å². The predicted octanol–water partition coefficient (Wildman–Crippen LogP) is 4.48. The number of nitrogens with zero attached hydrogens (tertiary/aromatic N) is 1. The highest BCUT2D eigenvalue weighted by Gasteiger charge is 2.32. The van der Waals surface area contributed by atoms with Gasteiger partial charge in [0.1, 0.15) is 12.4 Å². The number of hydrazine groups is 1. The van der Waals surface area contributed by atoms with Gasteiger partial charge in [0.05, 0.1) is 10.6 Å². The zero-order chi connectivity index (χ0) is 17.6. The van der Waals surface area contributed by atoms with Crippen LogP contribution in [0.15, 0.2) is 72.2 Å². The molecule has 0 bridgehead atoms. The van der Waals surface area contributed by atoms with Crippen molar-refractivity contribution in [1.82, 2.24) is 5.01 Å². The van der Waals surface area contributed by atoms with Crippen molar-refractivity contribution >= 4 is 46.0 Å². The van der Waals surface area contributed by atoms with Gasteiger partial charge in [0.2, 0.25) is 0 Å². The first kappa shape index (κ1) is 17.3. The zero-order valence-electron chi connectivity index (χ0n) is 13.3. The van der Waals surface area contributed by atoms with Crippen molar-refractivity contribution in [2.45, 2.75) is 0 Å². The molecule has 1 saturated heterocycles. The molecule has 0 aromatic heterocycles. The van der Waals surface area contributed by atoms with Gasteiger partial charge in [0.25, 0.3) is 5.91 Å². The smallest absolute Gasteiger partial charge is 0.285 e.